The molecule has 0 amide bonds. The van der Waals surface area contributed by atoms with Crippen molar-refractivity contribution in [2.45, 2.75) is 39.8 Å². The molecule has 0 spiro atoms. The van der Waals surface area contributed by atoms with E-state index in [2.05, 4.69) is 49.2 Å². The molecule has 0 aromatic heterocycles. The Labute approximate surface area is 144 Å². The SMILES string of the molecule is CCNC(=NCc1ccc(C)cc1C)N1CC[C@@H](O)C1.I. The van der Waals surface area contributed by atoms with Crippen LogP contribution in [0.5, 0.6) is 0 Å². The summed E-state index contributed by atoms with van der Waals surface area (Å²) < 4.78 is 0. The van der Waals surface area contributed by atoms with Crippen LogP contribution in [0, 0.1) is 13.8 Å². The van der Waals surface area contributed by atoms with E-state index in [-0.39, 0.29) is 30.1 Å². The van der Waals surface area contributed by atoms with Gasteiger partial charge in [-0.05, 0) is 38.3 Å². The summed E-state index contributed by atoms with van der Waals surface area (Å²) in [6.07, 6.45) is 0.605. The van der Waals surface area contributed by atoms with Gasteiger partial charge in [0.05, 0.1) is 12.6 Å². The lowest BCUT2D eigenvalue weighted by atomic mass is 10.1. The van der Waals surface area contributed by atoms with Crippen LogP contribution in [0.15, 0.2) is 23.2 Å². The first kappa shape index (κ1) is 18.2. The fraction of sp³-hybridized carbons (Fsp3) is 0.562. The molecule has 5 heteroatoms. The van der Waals surface area contributed by atoms with Crippen molar-refractivity contribution >= 4 is 29.9 Å². The summed E-state index contributed by atoms with van der Waals surface area (Å²) in [6, 6.07) is 6.47. The van der Waals surface area contributed by atoms with Crippen LogP contribution >= 0.6 is 24.0 Å². The lowest BCUT2D eigenvalue weighted by Crippen LogP contribution is -2.40. The summed E-state index contributed by atoms with van der Waals surface area (Å²) in [7, 11) is 0. The summed E-state index contributed by atoms with van der Waals surface area (Å²) in [5.41, 5.74) is 3.82. The second-order valence-corrected chi connectivity index (χ2v) is 5.49. The van der Waals surface area contributed by atoms with E-state index in [0.29, 0.717) is 13.1 Å². The largest absolute Gasteiger partial charge is 0.391 e. The van der Waals surface area contributed by atoms with Crippen LogP contribution in [0.2, 0.25) is 0 Å². The fourth-order valence-corrected chi connectivity index (χ4v) is 2.54. The van der Waals surface area contributed by atoms with Crippen LogP contribution < -0.4 is 5.32 Å². The van der Waals surface area contributed by atoms with Crippen molar-refractivity contribution in [3.05, 3.63) is 34.9 Å². The summed E-state index contributed by atoms with van der Waals surface area (Å²) in [4.78, 5) is 6.85. The molecule has 118 valence electrons. The Balaban J connectivity index is 0.00000220. The van der Waals surface area contributed by atoms with Crippen LogP contribution in [-0.4, -0.2) is 41.7 Å². The average molecular weight is 403 g/mol. The number of β-amino-alcohol motifs (C(OH)–C–C–N with tert-alkyl or cyclic N) is 1. The normalized spacial score (nSPS) is 18.6. The molecule has 0 saturated carbocycles. The highest BCUT2D eigenvalue weighted by Crippen LogP contribution is 2.13. The Morgan fingerprint density at radius 2 is 2.19 bits per heavy atom. The number of aliphatic hydroxyl groups excluding tert-OH is 1. The number of aliphatic hydroxyl groups is 1. The smallest absolute Gasteiger partial charge is 0.194 e. The Morgan fingerprint density at radius 3 is 2.76 bits per heavy atom. The average Bonchev–Trinajstić information content (AvgIpc) is 2.83. The summed E-state index contributed by atoms with van der Waals surface area (Å²) >= 11 is 0. The van der Waals surface area contributed by atoms with Crippen molar-refractivity contribution in [3.63, 3.8) is 0 Å². The highest BCUT2D eigenvalue weighted by molar-refractivity contribution is 14.0. The number of halogens is 1. The van der Waals surface area contributed by atoms with Gasteiger partial charge in [-0.25, -0.2) is 4.99 Å². The Hall–Kier alpha value is -0.820. The molecule has 1 aliphatic heterocycles. The highest BCUT2D eigenvalue weighted by atomic mass is 127. The van der Waals surface area contributed by atoms with E-state index in [4.69, 9.17) is 4.99 Å². The standard InChI is InChI=1S/C16H25N3O.HI/c1-4-17-16(19-8-7-15(20)11-19)18-10-14-6-5-12(2)9-13(14)3;/h5-6,9,15,20H,4,7-8,10-11H2,1-3H3,(H,17,18);1H/t15-;/m1./s1. The fourth-order valence-electron chi connectivity index (χ4n) is 2.54. The van der Waals surface area contributed by atoms with Gasteiger partial charge in [-0.15, -0.1) is 24.0 Å². The molecule has 2 N–H and O–H groups in total. The van der Waals surface area contributed by atoms with E-state index in [1.54, 1.807) is 0 Å². The third-order valence-electron chi connectivity index (χ3n) is 3.70. The van der Waals surface area contributed by atoms with Gasteiger partial charge < -0.3 is 15.3 Å². The van der Waals surface area contributed by atoms with Crippen LogP contribution in [0.4, 0.5) is 0 Å². The van der Waals surface area contributed by atoms with Gasteiger partial charge in [-0.1, -0.05) is 23.8 Å². The topological polar surface area (TPSA) is 47.9 Å². The van der Waals surface area contributed by atoms with Gasteiger partial charge in [-0.2, -0.15) is 0 Å². The number of hydrogen-bond acceptors (Lipinski definition) is 2. The van der Waals surface area contributed by atoms with Crippen LogP contribution in [-0.2, 0) is 6.54 Å². The van der Waals surface area contributed by atoms with Crippen LogP contribution in [0.3, 0.4) is 0 Å². The van der Waals surface area contributed by atoms with E-state index in [9.17, 15) is 5.11 Å². The molecule has 1 aromatic carbocycles. The number of aliphatic imine (C=N–C) groups is 1. The maximum Gasteiger partial charge on any atom is 0.194 e. The van der Waals surface area contributed by atoms with Gasteiger partial charge in [-0.3, -0.25) is 0 Å². The third kappa shape index (κ3) is 5.14. The Kier molecular flexibility index (Phi) is 7.45. The molecule has 4 nitrogen and oxygen atoms in total. The van der Waals surface area contributed by atoms with E-state index < -0.39 is 0 Å². The molecule has 1 fully saturated rings. The number of nitrogens with zero attached hydrogens (tertiary/aromatic N) is 2. The zero-order valence-electron chi connectivity index (χ0n) is 13.1. The summed E-state index contributed by atoms with van der Waals surface area (Å²) in [6.45, 7) is 9.39. The van der Waals surface area contributed by atoms with Gasteiger partial charge >= 0.3 is 0 Å². The Morgan fingerprint density at radius 1 is 1.43 bits per heavy atom. The molecular weight excluding hydrogens is 377 g/mol. The molecule has 1 aromatic rings. The second kappa shape index (κ2) is 8.58. The Bertz CT molecular complexity index is 490. The van der Waals surface area contributed by atoms with Gasteiger partial charge in [0.1, 0.15) is 0 Å². The van der Waals surface area contributed by atoms with E-state index in [0.717, 1.165) is 25.5 Å². The van der Waals surface area contributed by atoms with Crippen molar-refractivity contribution in [1.82, 2.24) is 10.2 Å². The number of nitrogens with one attached hydrogen (secondary N) is 1. The maximum atomic E-state index is 9.65. The minimum Gasteiger partial charge on any atom is -0.391 e. The first-order chi connectivity index (χ1) is 9.60. The van der Waals surface area contributed by atoms with Gasteiger partial charge in [0, 0.05) is 19.6 Å². The van der Waals surface area contributed by atoms with Crippen molar-refractivity contribution in [3.8, 4) is 0 Å². The number of likely N-dealkylation sites (tertiary alicyclic amines) is 1. The molecule has 0 unspecified atom stereocenters. The van der Waals surface area contributed by atoms with E-state index in [1.807, 2.05) is 0 Å². The lowest BCUT2D eigenvalue weighted by Gasteiger charge is -2.21. The third-order valence-corrected chi connectivity index (χ3v) is 3.70. The van der Waals surface area contributed by atoms with Crippen molar-refractivity contribution in [1.29, 1.82) is 0 Å². The van der Waals surface area contributed by atoms with Crippen molar-refractivity contribution in [2.75, 3.05) is 19.6 Å². The molecule has 21 heavy (non-hydrogen) atoms. The number of rotatable bonds is 3. The van der Waals surface area contributed by atoms with Gasteiger partial charge in [0.15, 0.2) is 5.96 Å². The van der Waals surface area contributed by atoms with E-state index in [1.165, 1.54) is 16.7 Å². The van der Waals surface area contributed by atoms with Crippen LogP contribution in [0.25, 0.3) is 0 Å². The summed E-state index contributed by atoms with van der Waals surface area (Å²) in [5.74, 6) is 0.907. The minimum atomic E-state index is -0.222. The van der Waals surface area contributed by atoms with Crippen LogP contribution in [0.1, 0.15) is 30.0 Å². The second-order valence-electron chi connectivity index (χ2n) is 5.49. The minimum absolute atomic E-state index is 0. The lowest BCUT2D eigenvalue weighted by molar-refractivity contribution is 0.188. The zero-order valence-corrected chi connectivity index (χ0v) is 15.4. The van der Waals surface area contributed by atoms with E-state index >= 15 is 0 Å². The molecular formula is C16H26IN3O. The van der Waals surface area contributed by atoms with Gasteiger partial charge in [0.2, 0.25) is 0 Å². The molecule has 1 atom stereocenters. The predicted molar refractivity (Wildman–Crippen MR) is 98.3 cm³/mol. The summed E-state index contributed by atoms with van der Waals surface area (Å²) in [5, 5.41) is 13.0. The molecule has 2 rings (SSSR count). The quantitative estimate of drug-likeness (QED) is 0.463. The highest BCUT2D eigenvalue weighted by Gasteiger charge is 2.22. The van der Waals surface area contributed by atoms with Gasteiger partial charge in [0.25, 0.3) is 0 Å². The van der Waals surface area contributed by atoms with Crippen molar-refractivity contribution in [2.24, 2.45) is 4.99 Å². The molecule has 1 aliphatic rings. The first-order valence-electron chi connectivity index (χ1n) is 7.37. The van der Waals surface area contributed by atoms with Crippen molar-refractivity contribution < 1.29 is 5.11 Å². The number of guanidine groups is 1. The zero-order chi connectivity index (χ0) is 14.5. The predicted octanol–water partition coefficient (Wildman–Crippen LogP) is 2.45. The molecule has 1 saturated heterocycles. The molecule has 0 aliphatic carbocycles. The monoisotopic (exact) mass is 403 g/mol. The number of hydrogen-bond donors (Lipinski definition) is 2. The number of aryl methyl sites for hydroxylation is 2. The molecule has 0 bridgehead atoms. The molecule has 1 heterocycles. The first-order valence-corrected chi connectivity index (χ1v) is 7.37. The maximum absolute atomic E-state index is 9.65. The number of benzene rings is 1. The molecule has 0 radical (unpaired) electrons.